The number of hydrogen-bond donors (Lipinski definition) is 1. The van der Waals surface area contributed by atoms with E-state index in [0.29, 0.717) is 24.2 Å². The minimum Gasteiger partial charge on any atom is -0.393 e. The number of rotatable bonds is 7. The van der Waals surface area contributed by atoms with Crippen molar-refractivity contribution in [3.63, 3.8) is 0 Å². The van der Waals surface area contributed by atoms with Gasteiger partial charge >= 0.3 is 0 Å². The van der Waals surface area contributed by atoms with Gasteiger partial charge in [-0.05, 0) is 30.9 Å². The molecular weight excluding hydrogens is 248 g/mol. The van der Waals surface area contributed by atoms with E-state index in [0.717, 1.165) is 12.0 Å². The van der Waals surface area contributed by atoms with Gasteiger partial charge in [-0.2, -0.15) is 0 Å². The molecule has 0 aliphatic heterocycles. The molecule has 1 N–H and O–H groups in total. The fourth-order valence-electron chi connectivity index (χ4n) is 2.04. The normalized spacial score (nSPS) is 13.5. The molecule has 1 atom stereocenters. The van der Waals surface area contributed by atoms with Crippen LogP contribution in [0.2, 0.25) is 0 Å². The number of aliphatic hydroxyl groups excluding tert-OH is 1. The Morgan fingerprint density at radius 3 is 2.44 bits per heavy atom. The van der Waals surface area contributed by atoms with Gasteiger partial charge in [-0.1, -0.05) is 38.5 Å². The van der Waals surface area contributed by atoms with Crippen LogP contribution in [0.1, 0.15) is 38.7 Å². The number of sulfone groups is 1. The van der Waals surface area contributed by atoms with Gasteiger partial charge in [0, 0.05) is 0 Å². The zero-order valence-corrected chi connectivity index (χ0v) is 11.9. The molecule has 3 nitrogen and oxygen atoms in total. The van der Waals surface area contributed by atoms with Crippen molar-refractivity contribution in [2.24, 2.45) is 0 Å². The topological polar surface area (TPSA) is 54.4 Å². The van der Waals surface area contributed by atoms with Crippen LogP contribution in [0.15, 0.2) is 29.2 Å². The Kier molecular flexibility index (Phi) is 5.82. The van der Waals surface area contributed by atoms with Crippen molar-refractivity contribution in [1.82, 2.24) is 0 Å². The molecule has 1 aromatic carbocycles. The minimum absolute atomic E-state index is 0.161. The van der Waals surface area contributed by atoms with Crippen LogP contribution in [0.25, 0.3) is 0 Å². The SMILES string of the molecule is CCCC(O)Cc1ccccc1S(=O)(=O)CCC. The summed E-state index contributed by atoms with van der Waals surface area (Å²) in [6.45, 7) is 3.86. The molecule has 0 fully saturated rings. The van der Waals surface area contributed by atoms with Gasteiger partial charge in [-0.3, -0.25) is 0 Å². The number of aliphatic hydroxyl groups is 1. The zero-order chi connectivity index (χ0) is 13.6. The molecule has 0 spiro atoms. The number of hydrogen-bond acceptors (Lipinski definition) is 3. The lowest BCUT2D eigenvalue weighted by Crippen LogP contribution is -2.14. The van der Waals surface area contributed by atoms with E-state index < -0.39 is 15.9 Å². The number of benzene rings is 1. The molecule has 18 heavy (non-hydrogen) atoms. The van der Waals surface area contributed by atoms with Crippen molar-refractivity contribution in [2.75, 3.05) is 5.75 Å². The summed E-state index contributed by atoms with van der Waals surface area (Å²) in [5.41, 5.74) is 0.729. The highest BCUT2D eigenvalue weighted by Gasteiger charge is 2.18. The first-order valence-corrected chi connectivity index (χ1v) is 8.15. The van der Waals surface area contributed by atoms with Gasteiger partial charge in [-0.15, -0.1) is 0 Å². The predicted octanol–water partition coefficient (Wildman–Crippen LogP) is 2.57. The molecular formula is C14H22O3S. The summed E-state index contributed by atoms with van der Waals surface area (Å²) in [5, 5.41) is 9.83. The summed E-state index contributed by atoms with van der Waals surface area (Å²) in [6, 6.07) is 6.98. The van der Waals surface area contributed by atoms with E-state index in [1.54, 1.807) is 18.2 Å². The fraction of sp³-hybridized carbons (Fsp3) is 0.571. The lowest BCUT2D eigenvalue weighted by molar-refractivity contribution is 0.163. The zero-order valence-electron chi connectivity index (χ0n) is 11.1. The first-order valence-electron chi connectivity index (χ1n) is 6.50. The molecule has 0 saturated heterocycles. The third-order valence-corrected chi connectivity index (χ3v) is 4.87. The highest BCUT2D eigenvalue weighted by molar-refractivity contribution is 7.91. The van der Waals surface area contributed by atoms with Gasteiger partial charge in [0.05, 0.1) is 16.8 Å². The smallest absolute Gasteiger partial charge is 0.178 e. The van der Waals surface area contributed by atoms with E-state index in [-0.39, 0.29) is 5.75 Å². The molecule has 0 aromatic heterocycles. The molecule has 0 saturated carbocycles. The first-order chi connectivity index (χ1) is 8.51. The molecule has 0 bridgehead atoms. The maximum atomic E-state index is 12.1. The van der Waals surface area contributed by atoms with Gasteiger partial charge in [0.1, 0.15) is 0 Å². The van der Waals surface area contributed by atoms with Crippen LogP contribution in [-0.4, -0.2) is 25.4 Å². The molecule has 0 aliphatic rings. The molecule has 1 aromatic rings. The van der Waals surface area contributed by atoms with E-state index in [2.05, 4.69) is 0 Å². The average molecular weight is 270 g/mol. The van der Waals surface area contributed by atoms with Crippen molar-refractivity contribution < 1.29 is 13.5 Å². The predicted molar refractivity (Wildman–Crippen MR) is 73.4 cm³/mol. The van der Waals surface area contributed by atoms with Gasteiger partial charge in [0.25, 0.3) is 0 Å². The highest BCUT2D eigenvalue weighted by Crippen LogP contribution is 2.20. The van der Waals surface area contributed by atoms with E-state index in [1.807, 2.05) is 19.9 Å². The Balaban J connectivity index is 3.00. The van der Waals surface area contributed by atoms with E-state index in [1.165, 1.54) is 0 Å². The minimum atomic E-state index is -3.21. The molecule has 0 amide bonds. The quantitative estimate of drug-likeness (QED) is 0.828. The monoisotopic (exact) mass is 270 g/mol. The summed E-state index contributed by atoms with van der Waals surface area (Å²) in [6.07, 6.45) is 2.14. The second kappa shape index (κ2) is 6.90. The molecule has 1 unspecified atom stereocenters. The van der Waals surface area contributed by atoms with Crippen LogP contribution in [-0.2, 0) is 16.3 Å². The van der Waals surface area contributed by atoms with E-state index in [9.17, 15) is 13.5 Å². The van der Waals surface area contributed by atoms with Crippen LogP contribution in [0, 0.1) is 0 Å². The van der Waals surface area contributed by atoms with Gasteiger partial charge < -0.3 is 5.11 Å². The van der Waals surface area contributed by atoms with Crippen LogP contribution in [0.3, 0.4) is 0 Å². The van der Waals surface area contributed by atoms with Crippen molar-refractivity contribution in [3.8, 4) is 0 Å². The lowest BCUT2D eigenvalue weighted by atomic mass is 10.0. The second-order valence-electron chi connectivity index (χ2n) is 4.57. The van der Waals surface area contributed by atoms with Crippen molar-refractivity contribution in [1.29, 1.82) is 0 Å². The largest absolute Gasteiger partial charge is 0.393 e. The molecule has 4 heteroatoms. The Bertz CT molecular complexity index is 466. The van der Waals surface area contributed by atoms with Gasteiger partial charge in [0.2, 0.25) is 0 Å². The van der Waals surface area contributed by atoms with Crippen LogP contribution >= 0.6 is 0 Å². The lowest BCUT2D eigenvalue weighted by Gasteiger charge is -2.13. The molecule has 102 valence electrons. The van der Waals surface area contributed by atoms with E-state index >= 15 is 0 Å². The first kappa shape index (κ1) is 15.2. The van der Waals surface area contributed by atoms with E-state index in [4.69, 9.17) is 0 Å². The van der Waals surface area contributed by atoms with Gasteiger partial charge in [-0.25, -0.2) is 8.42 Å². The highest BCUT2D eigenvalue weighted by atomic mass is 32.2. The molecule has 1 rings (SSSR count). The third-order valence-electron chi connectivity index (χ3n) is 2.86. The van der Waals surface area contributed by atoms with Crippen molar-refractivity contribution in [3.05, 3.63) is 29.8 Å². The van der Waals surface area contributed by atoms with Crippen LogP contribution in [0.5, 0.6) is 0 Å². The Labute approximate surface area is 110 Å². The Morgan fingerprint density at radius 1 is 1.17 bits per heavy atom. The fourth-order valence-corrected chi connectivity index (χ4v) is 3.64. The summed E-state index contributed by atoms with van der Waals surface area (Å²) in [7, 11) is -3.21. The molecule has 0 heterocycles. The third kappa shape index (κ3) is 4.10. The summed E-state index contributed by atoms with van der Waals surface area (Å²) >= 11 is 0. The summed E-state index contributed by atoms with van der Waals surface area (Å²) in [5.74, 6) is 0.161. The summed E-state index contributed by atoms with van der Waals surface area (Å²) < 4.78 is 24.2. The Morgan fingerprint density at radius 2 is 1.83 bits per heavy atom. The molecule has 0 radical (unpaired) electrons. The Hall–Kier alpha value is -0.870. The maximum Gasteiger partial charge on any atom is 0.178 e. The molecule has 0 aliphatic carbocycles. The van der Waals surface area contributed by atoms with Crippen LogP contribution < -0.4 is 0 Å². The average Bonchev–Trinajstić information content (AvgIpc) is 2.29. The summed E-state index contributed by atoms with van der Waals surface area (Å²) in [4.78, 5) is 0.377. The van der Waals surface area contributed by atoms with Crippen molar-refractivity contribution in [2.45, 2.75) is 50.5 Å². The van der Waals surface area contributed by atoms with Crippen LogP contribution in [0.4, 0.5) is 0 Å². The van der Waals surface area contributed by atoms with Crippen molar-refractivity contribution >= 4 is 9.84 Å². The second-order valence-corrected chi connectivity index (χ2v) is 6.65. The maximum absolute atomic E-state index is 12.1. The van der Waals surface area contributed by atoms with Gasteiger partial charge in [0.15, 0.2) is 9.84 Å². The standard InChI is InChI=1S/C14H22O3S/c1-3-7-13(15)11-12-8-5-6-9-14(12)18(16,17)10-4-2/h5-6,8-9,13,15H,3-4,7,10-11H2,1-2H3.